The summed E-state index contributed by atoms with van der Waals surface area (Å²) in [5.74, 6) is -0.348. The van der Waals surface area contributed by atoms with Gasteiger partial charge in [-0.15, -0.1) is 0 Å². The van der Waals surface area contributed by atoms with Crippen molar-refractivity contribution < 1.29 is 9.18 Å². The number of hydrogen-bond acceptors (Lipinski definition) is 5. The fourth-order valence-electron chi connectivity index (χ4n) is 3.39. The molecule has 2 aliphatic rings. The standard InChI is InChI=1S/C17H24FN5O/c1-3-7-20-23(4-2)16(24)11-9-12-14-6-5-8-22(14)17(19)21-15(12)13(18)10-11/h9-10,14,20H,3-8H2,1-2H3,(H2,19,21). The van der Waals surface area contributed by atoms with E-state index in [9.17, 15) is 9.18 Å². The number of hydrogen-bond donors (Lipinski definition) is 2. The minimum absolute atomic E-state index is 0.0124. The van der Waals surface area contributed by atoms with E-state index in [-0.39, 0.29) is 17.6 Å². The molecule has 1 atom stereocenters. The Morgan fingerprint density at radius 2 is 2.29 bits per heavy atom. The van der Waals surface area contributed by atoms with Crippen LogP contribution >= 0.6 is 0 Å². The Kier molecular flexibility index (Phi) is 4.71. The van der Waals surface area contributed by atoms with Crippen molar-refractivity contribution in [3.63, 3.8) is 0 Å². The number of aliphatic imine (C=N–C) groups is 1. The highest BCUT2D eigenvalue weighted by Crippen LogP contribution is 2.42. The average molecular weight is 333 g/mol. The van der Waals surface area contributed by atoms with Crippen molar-refractivity contribution in [3.05, 3.63) is 29.1 Å². The quantitative estimate of drug-likeness (QED) is 0.811. The van der Waals surface area contributed by atoms with Crippen molar-refractivity contribution in [3.8, 4) is 0 Å². The van der Waals surface area contributed by atoms with E-state index < -0.39 is 5.82 Å². The number of fused-ring (bicyclic) bond motifs is 3. The minimum atomic E-state index is -0.489. The second kappa shape index (κ2) is 6.76. The maximum absolute atomic E-state index is 14.6. The monoisotopic (exact) mass is 333 g/mol. The Balaban J connectivity index is 1.96. The maximum atomic E-state index is 14.6. The molecule has 2 heterocycles. The van der Waals surface area contributed by atoms with Gasteiger partial charge in [-0.25, -0.2) is 14.8 Å². The molecule has 6 nitrogen and oxygen atoms in total. The van der Waals surface area contributed by atoms with Gasteiger partial charge in [0.1, 0.15) is 11.5 Å². The molecular weight excluding hydrogens is 309 g/mol. The average Bonchev–Trinajstić information content (AvgIpc) is 3.07. The molecule has 1 saturated heterocycles. The van der Waals surface area contributed by atoms with Gasteiger partial charge in [-0.2, -0.15) is 0 Å². The molecule has 0 bridgehead atoms. The number of carbonyl (C=O) groups is 1. The molecular formula is C17H24FN5O. The molecule has 7 heteroatoms. The van der Waals surface area contributed by atoms with Crippen LogP contribution in [-0.4, -0.2) is 41.4 Å². The van der Waals surface area contributed by atoms with E-state index in [1.165, 1.54) is 11.1 Å². The van der Waals surface area contributed by atoms with E-state index in [0.717, 1.165) is 31.4 Å². The van der Waals surface area contributed by atoms with Gasteiger partial charge < -0.3 is 10.6 Å². The van der Waals surface area contributed by atoms with Crippen molar-refractivity contribution >= 4 is 17.6 Å². The second-order valence-electron chi connectivity index (χ2n) is 6.17. The number of amides is 1. The van der Waals surface area contributed by atoms with Crippen molar-refractivity contribution in [1.29, 1.82) is 0 Å². The Morgan fingerprint density at radius 3 is 3.00 bits per heavy atom. The van der Waals surface area contributed by atoms with Crippen LogP contribution in [0, 0.1) is 5.82 Å². The highest BCUT2D eigenvalue weighted by molar-refractivity contribution is 5.95. The Labute approximate surface area is 141 Å². The molecule has 1 amide bonds. The van der Waals surface area contributed by atoms with Crippen LogP contribution in [0.3, 0.4) is 0 Å². The lowest BCUT2D eigenvalue weighted by Gasteiger charge is -2.31. The van der Waals surface area contributed by atoms with E-state index in [1.54, 1.807) is 6.07 Å². The molecule has 2 aliphatic heterocycles. The van der Waals surface area contributed by atoms with E-state index in [4.69, 9.17) is 5.73 Å². The predicted molar refractivity (Wildman–Crippen MR) is 91.4 cm³/mol. The molecule has 1 aromatic carbocycles. The maximum Gasteiger partial charge on any atom is 0.268 e. The first-order valence-corrected chi connectivity index (χ1v) is 8.56. The Bertz CT molecular complexity index is 675. The van der Waals surface area contributed by atoms with Gasteiger partial charge >= 0.3 is 0 Å². The number of carbonyl (C=O) groups excluding carboxylic acids is 1. The van der Waals surface area contributed by atoms with Crippen LogP contribution in [0.4, 0.5) is 10.1 Å². The smallest absolute Gasteiger partial charge is 0.268 e. The normalized spacial score (nSPS) is 18.9. The first-order valence-electron chi connectivity index (χ1n) is 8.56. The van der Waals surface area contributed by atoms with Crippen molar-refractivity contribution in [2.24, 2.45) is 10.7 Å². The molecule has 0 aromatic heterocycles. The van der Waals surface area contributed by atoms with Crippen LogP contribution in [0.5, 0.6) is 0 Å². The summed E-state index contributed by atoms with van der Waals surface area (Å²) in [7, 11) is 0. The SMILES string of the molecule is CCCNN(CC)C(=O)c1cc(F)c2c(c1)C1CCCN1C(N)=N2. The molecule has 1 fully saturated rings. The van der Waals surface area contributed by atoms with E-state index in [2.05, 4.69) is 10.4 Å². The number of nitrogens with two attached hydrogens (primary N) is 1. The van der Waals surface area contributed by atoms with Crippen LogP contribution in [0.25, 0.3) is 0 Å². The van der Waals surface area contributed by atoms with Gasteiger partial charge in [0, 0.05) is 30.8 Å². The molecule has 1 aromatic rings. The van der Waals surface area contributed by atoms with E-state index in [1.807, 2.05) is 18.7 Å². The largest absolute Gasteiger partial charge is 0.369 e. The summed E-state index contributed by atoms with van der Waals surface area (Å²) in [6.45, 7) is 5.95. The third kappa shape index (κ3) is 2.84. The Hall–Kier alpha value is -2.15. The molecule has 0 saturated carbocycles. The topological polar surface area (TPSA) is 74.0 Å². The molecule has 3 rings (SSSR count). The lowest BCUT2D eigenvalue weighted by molar-refractivity contribution is 0.0671. The van der Waals surface area contributed by atoms with E-state index >= 15 is 0 Å². The van der Waals surface area contributed by atoms with Gasteiger partial charge in [-0.05, 0) is 38.3 Å². The number of nitrogens with zero attached hydrogens (tertiary/aromatic N) is 3. The first kappa shape index (κ1) is 16.7. The summed E-state index contributed by atoms with van der Waals surface area (Å²) in [6.07, 6.45) is 2.79. The van der Waals surface area contributed by atoms with Crippen LogP contribution < -0.4 is 11.2 Å². The zero-order valence-corrected chi connectivity index (χ0v) is 14.2. The first-order chi connectivity index (χ1) is 11.6. The highest BCUT2D eigenvalue weighted by atomic mass is 19.1. The number of benzene rings is 1. The number of rotatable bonds is 5. The summed E-state index contributed by atoms with van der Waals surface area (Å²) in [4.78, 5) is 18.9. The number of nitrogens with one attached hydrogen (secondary N) is 1. The van der Waals surface area contributed by atoms with Gasteiger partial charge in [0.2, 0.25) is 0 Å². The molecule has 24 heavy (non-hydrogen) atoms. The van der Waals surface area contributed by atoms with Crippen molar-refractivity contribution in [2.75, 3.05) is 19.6 Å². The van der Waals surface area contributed by atoms with Crippen LogP contribution in [0.1, 0.15) is 55.1 Å². The second-order valence-corrected chi connectivity index (χ2v) is 6.17. The summed E-state index contributed by atoms with van der Waals surface area (Å²) in [5, 5.41) is 1.53. The summed E-state index contributed by atoms with van der Waals surface area (Å²) >= 11 is 0. The van der Waals surface area contributed by atoms with Crippen LogP contribution in [-0.2, 0) is 0 Å². The fourth-order valence-corrected chi connectivity index (χ4v) is 3.39. The van der Waals surface area contributed by atoms with Gasteiger partial charge in [0.25, 0.3) is 5.91 Å². The molecule has 0 aliphatic carbocycles. The molecule has 3 N–H and O–H groups in total. The highest BCUT2D eigenvalue weighted by Gasteiger charge is 2.35. The van der Waals surface area contributed by atoms with Crippen molar-refractivity contribution in [2.45, 2.75) is 39.2 Å². The van der Waals surface area contributed by atoms with Crippen LogP contribution in [0.15, 0.2) is 17.1 Å². The third-order valence-electron chi connectivity index (χ3n) is 4.59. The van der Waals surface area contributed by atoms with Gasteiger partial charge in [0.05, 0.1) is 6.04 Å². The predicted octanol–water partition coefficient (Wildman–Crippen LogP) is 2.30. The lowest BCUT2D eigenvalue weighted by atomic mass is 9.97. The number of hydrazine groups is 1. The Morgan fingerprint density at radius 1 is 1.50 bits per heavy atom. The molecule has 0 spiro atoms. The van der Waals surface area contributed by atoms with Gasteiger partial charge in [-0.3, -0.25) is 9.80 Å². The molecule has 1 unspecified atom stereocenters. The number of guanidine groups is 1. The minimum Gasteiger partial charge on any atom is -0.369 e. The fraction of sp³-hybridized carbons (Fsp3) is 0.529. The van der Waals surface area contributed by atoms with Crippen molar-refractivity contribution in [1.82, 2.24) is 15.3 Å². The summed E-state index contributed by atoms with van der Waals surface area (Å²) in [6, 6.07) is 3.05. The zero-order chi connectivity index (χ0) is 17.3. The third-order valence-corrected chi connectivity index (χ3v) is 4.59. The van der Waals surface area contributed by atoms with Gasteiger partial charge in [-0.1, -0.05) is 6.92 Å². The van der Waals surface area contributed by atoms with E-state index in [0.29, 0.717) is 24.6 Å². The summed E-state index contributed by atoms with van der Waals surface area (Å²) < 4.78 is 14.6. The summed E-state index contributed by atoms with van der Waals surface area (Å²) in [5.41, 5.74) is 10.4. The van der Waals surface area contributed by atoms with Gasteiger partial charge in [0.15, 0.2) is 5.96 Å². The van der Waals surface area contributed by atoms with Crippen LogP contribution in [0.2, 0.25) is 0 Å². The molecule has 130 valence electrons. The lowest BCUT2D eigenvalue weighted by Crippen LogP contribution is -2.43. The zero-order valence-electron chi connectivity index (χ0n) is 14.2. The molecule has 0 radical (unpaired) electrons. The number of halogens is 1.